The number of ketones is 1. The lowest BCUT2D eigenvalue weighted by Gasteiger charge is -2.06. The second-order valence-electron chi connectivity index (χ2n) is 4.53. The van der Waals surface area contributed by atoms with Crippen LogP contribution < -0.4 is 0 Å². The number of Topliss-reactive ketones (excluding diaryl/α,β-unsaturated/α-hetero) is 1. The summed E-state index contributed by atoms with van der Waals surface area (Å²) in [6.07, 6.45) is 0. The molecule has 3 nitrogen and oxygen atoms in total. The first kappa shape index (κ1) is 15.4. The number of halogens is 1. The van der Waals surface area contributed by atoms with Crippen molar-refractivity contribution in [2.24, 2.45) is 0 Å². The molecule has 0 N–H and O–H groups in total. The van der Waals surface area contributed by atoms with Gasteiger partial charge in [-0.2, -0.15) is 0 Å². The number of thiophene rings is 1. The Morgan fingerprint density at radius 3 is 2.45 bits per heavy atom. The van der Waals surface area contributed by atoms with Gasteiger partial charge < -0.3 is 0 Å². The molecule has 1 heterocycles. The van der Waals surface area contributed by atoms with Gasteiger partial charge in [-0.1, -0.05) is 6.07 Å². The minimum absolute atomic E-state index is 0.196. The van der Waals surface area contributed by atoms with Crippen molar-refractivity contribution in [2.75, 3.05) is 5.75 Å². The van der Waals surface area contributed by atoms with E-state index in [0.717, 1.165) is 11.1 Å². The molecule has 1 aromatic heterocycles. The van der Waals surface area contributed by atoms with E-state index in [4.69, 9.17) is 0 Å². The monoisotopic (exact) mass is 372 g/mol. The molecule has 0 aliphatic rings. The Labute approximate surface area is 130 Å². The topological polar surface area (TPSA) is 51.2 Å². The van der Waals surface area contributed by atoms with Gasteiger partial charge in [-0.15, -0.1) is 11.3 Å². The van der Waals surface area contributed by atoms with Gasteiger partial charge in [0.25, 0.3) is 0 Å². The Balaban J connectivity index is 2.30. The summed E-state index contributed by atoms with van der Waals surface area (Å²) < 4.78 is 25.2. The summed E-state index contributed by atoms with van der Waals surface area (Å²) in [5.74, 6) is -0.890. The molecular formula is C14H13BrO3S2. The van der Waals surface area contributed by atoms with Gasteiger partial charge in [-0.25, -0.2) is 8.42 Å². The number of hydrogen-bond donors (Lipinski definition) is 0. The molecule has 1 aromatic carbocycles. The van der Waals surface area contributed by atoms with Crippen LogP contribution in [0, 0.1) is 13.8 Å². The third-order valence-electron chi connectivity index (χ3n) is 3.03. The van der Waals surface area contributed by atoms with Gasteiger partial charge in [-0.3, -0.25) is 4.79 Å². The summed E-state index contributed by atoms with van der Waals surface area (Å²) in [6.45, 7) is 3.77. The number of sulfone groups is 1. The van der Waals surface area contributed by atoms with E-state index in [9.17, 15) is 13.2 Å². The summed E-state index contributed by atoms with van der Waals surface area (Å²) in [5.41, 5.74) is 1.92. The van der Waals surface area contributed by atoms with Crippen molar-refractivity contribution in [1.29, 1.82) is 0 Å². The van der Waals surface area contributed by atoms with Crippen LogP contribution in [0.1, 0.15) is 20.8 Å². The zero-order valence-corrected chi connectivity index (χ0v) is 14.2. The van der Waals surface area contributed by atoms with Crippen LogP contribution in [0.4, 0.5) is 0 Å². The molecule has 2 rings (SSSR count). The lowest BCUT2D eigenvalue weighted by molar-refractivity contribution is 0.102. The van der Waals surface area contributed by atoms with Crippen molar-refractivity contribution in [3.8, 4) is 0 Å². The molecular weight excluding hydrogens is 360 g/mol. The van der Waals surface area contributed by atoms with Crippen LogP contribution in [-0.2, 0) is 9.84 Å². The average molecular weight is 373 g/mol. The molecule has 20 heavy (non-hydrogen) atoms. The molecule has 0 bridgehead atoms. The predicted molar refractivity (Wildman–Crippen MR) is 84.3 cm³/mol. The first-order valence-corrected chi connectivity index (χ1v) is 9.20. The Kier molecular flexibility index (Phi) is 4.46. The lowest BCUT2D eigenvalue weighted by atomic mass is 10.1. The summed E-state index contributed by atoms with van der Waals surface area (Å²) in [5, 5.41) is 1.75. The fourth-order valence-electron chi connectivity index (χ4n) is 1.72. The minimum atomic E-state index is -3.61. The lowest BCUT2D eigenvalue weighted by Crippen LogP contribution is -2.16. The molecule has 106 valence electrons. The molecule has 0 atom stereocenters. The third kappa shape index (κ3) is 3.19. The van der Waals surface area contributed by atoms with E-state index in [2.05, 4.69) is 15.9 Å². The quantitative estimate of drug-likeness (QED) is 0.767. The Morgan fingerprint density at radius 1 is 1.20 bits per heavy atom. The van der Waals surface area contributed by atoms with Gasteiger partial charge in [0.15, 0.2) is 15.6 Å². The third-order valence-corrected chi connectivity index (χ3v) is 6.52. The smallest absolute Gasteiger partial charge is 0.189 e. The van der Waals surface area contributed by atoms with Crippen molar-refractivity contribution < 1.29 is 13.2 Å². The number of rotatable bonds is 4. The molecule has 6 heteroatoms. The highest BCUT2D eigenvalue weighted by Crippen LogP contribution is 2.25. The number of carbonyl (C=O) groups is 1. The number of aryl methyl sites for hydroxylation is 2. The molecule has 0 saturated heterocycles. The van der Waals surface area contributed by atoms with E-state index < -0.39 is 15.6 Å². The molecule has 0 aliphatic heterocycles. The highest BCUT2D eigenvalue weighted by molar-refractivity contribution is 9.10. The second kappa shape index (κ2) is 5.79. The molecule has 2 aromatic rings. The first-order chi connectivity index (χ1) is 9.31. The van der Waals surface area contributed by atoms with Crippen molar-refractivity contribution in [3.05, 3.63) is 50.1 Å². The number of benzene rings is 1. The Hall–Kier alpha value is -0.980. The molecule has 0 radical (unpaired) electrons. The van der Waals surface area contributed by atoms with Crippen molar-refractivity contribution >= 4 is 42.9 Å². The molecule has 0 fully saturated rings. The van der Waals surface area contributed by atoms with E-state index in [1.807, 2.05) is 13.8 Å². The minimum Gasteiger partial charge on any atom is -0.292 e. The van der Waals surface area contributed by atoms with E-state index in [1.54, 1.807) is 29.6 Å². The number of carbonyl (C=O) groups excluding carboxylic acids is 1. The zero-order valence-electron chi connectivity index (χ0n) is 11.0. The van der Waals surface area contributed by atoms with Crippen LogP contribution in [0.2, 0.25) is 0 Å². The highest BCUT2D eigenvalue weighted by Gasteiger charge is 2.22. The van der Waals surface area contributed by atoms with Crippen LogP contribution in [0.25, 0.3) is 0 Å². The van der Waals surface area contributed by atoms with Gasteiger partial charge in [-0.05, 0) is 64.5 Å². The molecule has 0 spiro atoms. The Bertz CT molecular complexity index is 760. The molecule has 0 saturated carbocycles. The highest BCUT2D eigenvalue weighted by atomic mass is 79.9. The standard InChI is InChI=1S/C14H13BrO3S2/c1-9-3-4-11(7-10(9)2)20(17,18)8-13(16)14-12(15)5-6-19-14/h3-7H,8H2,1-2H3. The van der Waals surface area contributed by atoms with E-state index in [1.165, 1.54) is 11.3 Å². The zero-order chi connectivity index (χ0) is 14.9. The van der Waals surface area contributed by atoms with Gasteiger partial charge in [0.2, 0.25) is 0 Å². The largest absolute Gasteiger partial charge is 0.292 e. The summed E-state index contributed by atoms with van der Waals surface area (Å²) in [6, 6.07) is 6.66. The Morgan fingerprint density at radius 2 is 1.90 bits per heavy atom. The number of hydrogen-bond acceptors (Lipinski definition) is 4. The fourth-order valence-corrected chi connectivity index (χ4v) is 4.63. The van der Waals surface area contributed by atoms with E-state index in [0.29, 0.717) is 9.35 Å². The summed E-state index contributed by atoms with van der Waals surface area (Å²) in [7, 11) is -3.61. The van der Waals surface area contributed by atoms with Gasteiger partial charge >= 0.3 is 0 Å². The van der Waals surface area contributed by atoms with Crippen LogP contribution in [-0.4, -0.2) is 20.0 Å². The van der Waals surface area contributed by atoms with E-state index in [-0.39, 0.29) is 10.7 Å². The maximum atomic E-state index is 12.3. The van der Waals surface area contributed by atoms with Crippen molar-refractivity contribution in [1.82, 2.24) is 0 Å². The maximum absolute atomic E-state index is 12.3. The van der Waals surface area contributed by atoms with Crippen LogP contribution >= 0.6 is 27.3 Å². The van der Waals surface area contributed by atoms with Gasteiger partial charge in [0, 0.05) is 4.47 Å². The molecule has 0 unspecified atom stereocenters. The average Bonchev–Trinajstić information content (AvgIpc) is 2.78. The molecule has 0 aliphatic carbocycles. The summed E-state index contributed by atoms with van der Waals surface area (Å²) in [4.78, 5) is 12.7. The first-order valence-electron chi connectivity index (χ1n) is 5.87. The summed E-state index contributed by atoms with van der Waals surface area (Å²) >= 11 is 4.48. The van der Waals surface area contributed by atoms with Crippen LogP contribution in [0.15, 0.2) is 39.0 Å². The van der Waals surface area contributed by atoms with Crippen LogP contribution in [0.3, 0.4) is 0 Å². The van der Waals surface area contributed by atoms with Gasteiger partial charge in [0.05, 0.1) is 9.77 Å². The van der Waals surface area contributed by atoms with Crippen molar-refractivity contribution in [2.45, 2.75) is 18.7 Å². The fraction of sp³-hybridized carbons (Fsp3) is 0.214. The van der Waals surface area contributed by atoms with Crippen molar-refractivity contribution in [3.63, 3.8) is 0 Å². The second-order valence-corrected chi connectivity index (χ2v) is 8.29. The maximum Gasteiger partial charge on any atom is 0.189 e. The predicted octanol–water partition coefficient (Wildman–Crippen LogP) is 3.78. The van der Waals surface area contributed by atoms with E-state index >= 15 is 0 Å². The normalized spacial score (nSPS) is 11.6. The molecule has 0 amide bonds. The van der Waals surface area contributed by atoms with Crippen LogP contribution in [0.5, 0.6) is 0 Å². The van der Waals surface area contributed by atoms with Gasteiger partial charge in [0.1, 0.15) is 5.75 Å². The SMILES string of the molecule is Cc1ccc(S(=O)(=O)CC(=O)c2sccc2Br)cc1C.